The van der Waals surface area contributed by atoms with Crippen LogP contribution < -0.4 is 0 Å². The summed E-state index contributed by atoms with van der Waals surface area (Å²) in [5.41, 5.74) is 0. The Labute approximate surface area is 69.8 Å². The van der Waals surface area contributed by atoms with E-state index in [1.807, 2.05) is 0 Å². The largest absolute Gasteiger partial charge is 0.393 e. The predicted octanol–water partition coefficient (Wildman–Crippen LogP) is 2.58. The average molecular weight is 156 g/mol. The van der Waals surface area contributed by atoms with E-state index in [1.165, 1.54) is 25.7 Å². The van der Waals surface area contributed by atoms with Gasteiger partial charge in [0.05, 0.1) is 6.10 Å². The fraction of sp³-hybridized carbons (Fsp3) is 1.00. The van der Waals surface area contributed by atoms with Crippen LogP contribution in [0.25, 0.3) is 0 Å². The van der Waals surface area contributed by atoms with Crippen molar-refractivity contribution in [1.82, 2.24) is 0 Å². The van der Waals surface area contributed by atoms with Gasteiger partial charge in [-0.15, -0.1) is 0 Å². The zero-order valence-electron chi connectivity index (χ0n) is 7.71. The van der Waals surface area contributed by atoms with E-state index in [0.717, 1.165) is 12.3 Å². The van der Waals surface area contributed by atoms with E-state index >= 15 is 0 Å². The Morgan fingerprint density at radius 1 is 1.27 bits per heavy atom. The Hall–Kier alpha value is -0.0400. The molecule has 0 bridgehead atoms. The minimum absolute atomic E-state index is 0.0138. The lowest BCUT2D eigenvalue weighted by atomic mass is 9.85. The Morgan fingerprint density at radius 2 is 1.91 bits per heavy atom. The highest BCUT2D eigenvalue weighted by molar-refractivity contribution is 4.81. The molecule has 0 aliphatic heterocycles. The highest BCUT2D eigenvalue weighted by atomic mass is 16.3. The second kappa shape index (κ2) is 4.10. The number of hydrogen-bond donors (Lipinski definition) is 1. The average Bonchev–Trinajstić information content (AvgIpc) is 2.40. The van der Waals surface area contributed by atoms with Crippen LogP contribution in [0.3, 0.4) is 0 Å². The quantitative estimate of drug-likeness (QED) is 0.666. The van der Waals surface area contributed by atoms with Crippen molar-refractivity contribution in [2.75, 3.05) is 0 Å². The predicted molar refractivity (Wildman–Crippen MR) is 47.4 cm³/mol. The second-order valence-corrected chi connectivity index (χ2v) is 3.74. The Morgan fingerprint density at radius 3 is 2.27 bits per heavy atom. The third-order valence-electron chi connectivity index (χ3n) is 3.19. The maximum atomic E-state index is 9.62. The summed E-state index contributed by atoms with van der Waals surface area (Å²) in [4.78, 5) is 0. The van der Waals surface area contributed by atoms with Crippen LogP contribution in [0.1, 0.15) is 46.0 Å². The summed E-state index contributed by atoms with van der Waals surface area (Å²) in [6, 6.07) is 0. The van der Waals surface area contributed by atoms with E-state index in [4.69, 9.17) is 0 Å². The molecular formula is C10H20O. The van der Waals surface area contributed by atoms with Crippen LogP contribution in [0.15, 0.2) is 0 Å². The van der Waals surface area contributed by atoms with Gasteiger partial charge in [-0.1, -0.05) is 33.1 Å². The van der Waals surface area contributed by atoms with Gasteiger partial charge in [0.1, 0.15) is 0 Å². The highest BCUT2D eigenvalue weighted by Crippen LogP contribution is 2.34. The van der Waals surface area contributed by atoms with E-state index in [2.05, 4.69) is 13.8 Å². The summed E-state index contributed by atoms with van der Waals surface area (Å²) in [6.45, 7) is 4.47. The van der Waals surface area contributed by atoms with Crippen molar-refractivity contribution in [1.29, 1.82) is 0 Å². The maximum Gasteiger partial charge on any atom is 0.0571 e. The fourth-order valence-corrected chi connectivity index (χ4v) is 2.41. The van der Waals surface area contributed by atoms with Crippen molar-refractivity contribution in [3.05, 3.63) is 0 Å². The molecule has 0 aromatic carbocycles. The third kappa shape index (κ3) is 1.96. The Balaban J connectivity index is 2.43. The van der Waals surface area contributed by atoms with Crippen molar-refractivity contribution in [2.24, 2.45) is 11.8 Å². The van der Waals surface area contributed by atoms with Crippen LogP contribution in [0.5, 0.6) is 0 Å². The van der Waals surface area contributed by atoms with Crippen LogP contribution in [0, 0.1) is 11.8 Å². The van der Waals surface area contributed by atoms with Gasteiger partial charge in [-0.3, -0.25) is 0 Å². The molecule has 66 valence electrons. The molecule has 0 spiro atoms. The highest BCUT2D eigenvalue weighted by Gasteiger charge is 2.30. The van der Waals surface area contributed by atoms with E-state index < -0.39 is 0 Å². The molecule has 1 aliphatic rings. The molecule has 1 fully saturated rings. The number of aliphatic hydroxyl groups excluding tert-OH is 1. The van der Waals surface area contributed by atoms with Crippen molar-refractivity contribution >= 4 is 0 Å². The second-order valence-electron chi connectivity index (χ2n) is 3.74. The van der Waals surface area contributed by atoms with E-state index in [0.29, 0.717) is 5.92 Å². The molecule has 0 aromatic rings. The van der Waals surface area contributed by atoms with Crippen molar-refractivity contribution in [2.45, 2.75) is 52.1 Å². The zero-order valence-corrected chi connectivity index (χ0v) is 7.71. The number of rotatable bonds is 3. The molecule has 1 heteroatoms. The van der Waals surface area contributed by atoms with Gasteiger partial charge in [0.2, 0.25) is 0 Å². The standard InChI is InChI=1S/C10H20O/c1-3-8(4-2)9-6-5-7-10(9)11/h8-11H,3-7H2,1-2H3/t9-,10+/m0/s1. The molecule has 11 heavy (non-hydrogen) atoms. The van der Waals surface area contributed by atoms with Crippen LogP contribution in [0.2, 0.25) is 0 Å². The summed E-state index contributed by atoms with van der Waals surface area (Å²) < 4.78 is 0. The van der Waals surface area contributed by atoms with Gasteiger partial charge >= 0.3 is 0 Å². The first-order chi connectivity index (χ1) is 5.29. The number of hydrogen-bond acceptors (Lipinski definition) is 1. The first kappa shape index (κ1) is 9.05. The first-order valence-corrected chi connectivity index (χ1v) is 4.97. The minimum atomic E-state index is 0.0138. The van der Waals surface area contributed by atoms with Gasteiger partial charge in [0, 0.05) is 0 Å². The Bertz CT molecular complexity index is 107. The van der Waals surface area contributed by atoms with Gasteiger partial charge < -0.3 is 5.11 Å². The molecule has 0 saturated heterocycles. The monoisotopic (exact) mass is 156 g/mol. The first-order valence-electron chi connectivity index (χ1n) is 4.97. The zero-order chi connectivity index (χ0) is 8.27. The van der Waals surface area contributed by atoms with Crippen LogP contribution >= 0.6 is 0 Å². The molecule has 0 heterocycles. The van der Waals surface area contributed by atoms with Gasteiger partial charge in [0.25, 0.3) is 0 Å². The van der Waals surface area contributed by atoms with Crippen molar-refractivity contribution < 1.29 is 5.11 Å². The lowest BCUT2D eigenvalue weighted by Crippen LogP contribution is -2.21. The fourth-order valence-electron chi connectivity index (χ4n) is 2.41. The van der Waals surface area contributed by atoms with Crippen molar-refractivity contribution in [3.8, 4) is 0 Å². The van der Waals surface area contributed by atoms with Gasteiger partial charge in [-0.25, -0.2) is 0 Å². The maximum absolute atomic E-state index is 9.62. The smallest absolute Gasteiger partial charge is 0.0571 e. The lowest BCUT2D eigenvalue weighted by molar-refractivity contribution is 0.0946. The topological polar surface area (TPSA) is 20.2 Å². The molecule has 2 atom stereocenters. The van der Waals surface area contributed by atoms with E-state index in [-0.39, 0.29) is 6.10 Å². The van der Waals surface area contributed by atoms with Gasteiger partial charge in [-0.2, -0.15) is 0 Å². The summed E-state index contributed by atoms with van der Waals surface area (Å²) >= 11 is 0. The van der Waals surface area contributed by atoms with Crippen molar-refractivity contribution in [3.63, 3.8) is 0 Å². The SMILES string of the molecule is CCC(CC)[C@@H]1CCC[C@H]1O. The Kier molecular flexibility index (Phi) is 3.38. The molecule has 0 unspecified atom stereocenters. The molecular weight excluding hydrogens is 136 g/mol. The molecule has 0 radical (unpaired) electrons. The van der Waals surface area contributed by atoms with E-state index in [9.17, 15) is 5.11 Å². The lowest BCUT2D eigenvalue weighted by Gasteiger charge is -2.23. The molecule has 0 aromatic heterocycles. The summed E-state index contributed by atoms with van der Waals surface area (Å²) in [7, 11) is 0. The molecule has 1 saturated carbocycles. The molecule has 1 N–H and O–H groups in total. The van der Waals surface area contributed by atoms with Gasteiger partial charge in [0.15, 0.2) is 0 Å². The minimum Gasteiger partial charge on any atom is -0.393 e. The van der Waals surface area contributed by atoms with Crippen LogP contribution in [-0.2, 0) is 0 Å². The molecule has 1 nitrogen and oxygen atoms in total. The summed E-state index contributed by atoms with van der Waals surface area (Å²) in [6.07, 6.45) is 6.02. The molecule has 0 amide bonds. The van der Waals surface area contributed by atoms with Gasteiger partial charge in [-0.05, 0) is 24.7 Å². The van der Waals surface area contributed by atoms with E-state index in [1.54, 1.807) is 0 Å². The molecule has 1 rings (SSSR count). The number of aliphatic hydroxyl groups is 1. The molecule has 1 aliphatic carbocycles. The summed E-state index contributed by atoms with van der Waals surface area (Å²) in [5.74, 6) is 1.39. The van der Waals surface area contributed by atoms with Crippen LogP contribution in [0.4, 0.5) is 0 Å². The van der Waals surface area contributed by atoms with Crippen LogP contribution in [-0.4, -0.2) is 11.2 Å². The summed E-state index contributed by atoms with van der Waals surface area (Å²) in [5, 5.41) is 9.62. The normalized spacial score (nSPS) is 31.6. The third-order valence-corrected chi connectivity index (χ3v) is 3.19.